The Morgan fingerprint density at radius 1 is 1.10 bits per heavy atom. The van der Waals surface area contributed by atoms with Gasteiger partial charge in [0.1, 0.15) is 0 Å². The Morgan fingerprint density at radius 3 is 2.71 bits per heavy atom. The zero-order valence-electron chi connectivity index (χ0n) is 11.4. The third-order valence-electron chi connectivity index (χ3n) is 3.74. The summed E-state index contributed by atoms with van der Waals surface area (Å²) in [5.74, 6) is 0.861. The van der Waals surface area contributed by atoms with Gasteiger partial charge in [-0.05, 0) is 28.6 Å². The van der Waals surface area contributed by atoms with Crippen molar-refractivity contribution in [2.75, 3.05) is 13.1 Å². The van der Waals surface area contributed by atoms with Gasteiger partial charge in [-0.3, -0.25) is 9.58 Å². The van der Waals surface area contributed by atoms with Crippen molar-refractivity contribution in [2.45, 2.75) is 12.6 Å². The maximum atomic E-state index is 4.28. The van der Waals surface area contributed by atoms with E-state index in [1.165, 1.54) is 0 Å². The van der Waals surface area contributed by atoms with Crippen LogP contribution in [-0.4, -0.2) is 48.0 Å². The van der Waals surface area contributed by atoms with Crippen LogP contribution in [0.25, 0.3) is 5.69 Å². The van der Waals surface area contributed by atoms with E-state index in [1.807, 2.05) is 53.5 Å². The van der Waals surface area contributed by atoms with E-state index in [0.717, 1.165) is 31.1 Å². The quantitative estimate of drug-likeness (QED) is 0.711. The summed E-state index contributed by atoms with van der Waals surface area (Å²) in [6, 6.07) is 12.4. The molecule has 7 heteroatoms. The molecule has 0 amide bonds. The van der Waals surface area contributed by atoms with E-state index < -0.39 is 0 Å². The van der Waals surface area contributed by atoms with Crippen molar-refractivity contribution in [2.24, 2.45) is 0 Å². The zero-order valence-corrected chi connectivity index (χ0v) is 11.4. The first kappa shape index (κ1) is 12.2. The molecule has 1 aliphatic rings. The summed E-state index contributed by atoms with van der Waals surface area (Å²) in [5, 5.41) is 16.3. The van der Waals surface area contributed by atoms with Crippen molar-refractivity contribution in [3.8, 4) is 5.69 Å². The Kier molecular flexibility index (Phi) is 2.97. The molecule has 1 aromatic carbocycles. The Labute approximate surface area is 121 Å². The van der Waals surface area contributed by atoms with Crippen LogP contribution in [-0.2, 0) is 6.54 Å². The van der Waals surface area contributed by atoms with E-state index in [4.69, 9.17) is 0 Å². The number of hydrogen-bond donors (Lipinski definition) is 0. The molecule has 4 rings (SSSR count). The van der Waals surface area contributed by atoms with Gasteiger partial charge in [-0.25, -0.2) is 0 Å². The van der Waals surface area contributed by atoms with Crippen LogP contribution in [0.5, 0.6) is 0 Å². The lowest BCUT2D eigenvalue weighted by atomic mass is 10.1. The first-order chi connectivity index (χ1) is 10.4. The molecule has 1 aliphatic heterocycles. The predicted molar refractivity (Wildman–Crippen MR) is 75.7 cm³/mol. The fraction of sp³-hybridized carbons (Fsp3) is 0.286. The van der Waals surface area contributed by atoms with Gasteiger partial charge in [-0.1, -0.05) is 18.2 Å². The monoisotopic (exact) mass is 281 g/mol. The van der Waals surface area contributed by atoms with Gasteiger partial charge < -0.3 is 0 Å². The highest BCUT2D eigenvalue weighted by atomic mass is 15.6. The molecule has 0 radical (unpaired) electrons. The van der Waals surface area contributed by atoms with Crippen LogP contribution in [0.15, 0.2) is 48.8 Å². The molecular formula is C14H15N7. The molecule has 3 aromatic rings. The molecule has 106 valence electrons. The number of benzene rings is 1. The lowest BCUT2D eigenvalue weighted by Crippen LogP contribution is -2.47. The van der Waals surface area contributed by atoms with Gasteiger partial charge in [-0.15, -0.1) is 5.10 Å². The summed E-state index contributed by atoms with van der Waals surface area (Å²) in [4.78, 5) is 2.32. The average Bonchev–Trinajstić information content (AvgIpc) is 3.15. The van der Waals surface area contributed by atoms with Crippen LogP contribution in [0.3, 0.4) is 0 Å². The molecular weight excluding hydrogens is 266 g/mol. The Hall–Kier alpha value is -2.54. The highest BCUT2D eigenvalue weighted by Crippen LogP contribution is 2.22. The molecule has 0 N–H and O–H groups in total. The van der Waals surface area contributed by atoms with E-state index >= 15 is 0 Å². The summed E-state index contributed by atoms with van der Waals surface area (Å²) >= 11 is 0. The number of likely N-dealkylation sites (tertiary alicyclic amines) is 1. The average molecular weight is 281 g/mol. The van der Waals surface area contributed by atoms with Crippen LogP contribution < -0.4 is 0 Å². The molecule has 0 spiro atoms. The SMILES string of the molecule is c1ccc(-n2nnnc2CN2CC(n3cccn3)C2)cc1. The largest absolute Gasteiger partial charge is 0.291 e. The molecule has 0 saturated carbocycles. The number of nitrogens with zero attached hydrogens (tertiary/aromatic N) is 7. The van der Waals surface area contributed by atoms with Crippen LogP contribution in [0.2, 0.25) is 0 Å². The van der Waals surface area contributed by atoms with E-state index in [2.05, 4.69) is 25.5 Å². The molecule has 21 heavy (non-hydrogen) atoms. The summed E-state index contributed by atoms with van der Waals surface area (Å²) < 4.78 is 3.80. The minimum atomic E-state index is 0.459. The fourth-order valence-corrected chi connectivity index (χ4v) is 2.61. The minimum Gasteiger partial charge on any atom is -0.291 e. The summed E-state index contributed by atoms with van der Waals surface area (Å²) in [6.07, 6.45) is 3.83. The molecule has 3 heterocycles. The van der Waals surface area contributed by atoms with Gasteiger partial charge in [0.15, 0.2) is 5.82 Å². The Morgan fingerprint density at radius 2 is 1.95 bits per heavy atom. The third kappa shape index (κ3) is 2.31. The van der Waals surface area contributed by atoms with E-state index in [-0.39, 0.29) is 0 Å². The van der Waals surface area contributed by atoms with Crippen LogP contribution in [0.4, 0.5) is 0 Å². The molecule has 0 atom stereocenters. The van der Waals surface area contributed by atoms with E-state index in [1.54, 1.807) is 4.68 Å². The standard InChI is InChI=1S/C14H15N7/c1-2-5-12(6-3-1)21-14(16-17-18-21)11-19-9-13(10-19)20-8-4-7-15-20/h1-8,13H,9-11H2. The number of hydrogen-bond acceptors (Lipinski definition) is 5. The van der Waals surface area contributed by atoms with Crippen LogP contribution >= 0.6 is 0 Å². The topological polar surface area (TPSA) is 64.7 Å². The molecule has 0 bridgehead atoms. The smallest absolute Gasteiger partial charge is 0.170 e. The van der Waals surface area contributed by atoms with Crippen molar-refractivity contribution in [3.05, 3.63) is 54.6 Å². The second-order valence-corrected chi connectivity index (χ2v) is 5.18. The molecule has 0 aliphatic carbocycles. The molecule has 1 fully saturated rings. The lowest BCUT2D eigenvalue weighted by molar-refractivity contribution is 0.0873. The van der Waals surface area contributed by atoms with Crippen LogP contribution in [0, 0.1) is 0 Å². The summed E-state index contributed by atoms with van der Waals surface area (Å²) in [6.45, 7) is 2.70. The van der Waals surface area contributed by atoms with Crippen LogP contribution in [0.1, 0.15) is 11.9 Å². The van der Waals surface area contributed by atoms with Gasteiger partial charge in [0.25, 0.3) is 0 Å². The molecule has 0 unspecified atom stereocenters. The number of aromatic nitrogens is 6. The fourth-order valence-electron chi connectivity index (χ4n) is 2.61. The second-order valence-electron chi connectivity index (χ2n) is 5.18. The van der Waals surface area contributed by atoms with Gasteiger partial charge in [0.05, 0.1) is 18.3 Å². The number of rotatable bonds is 4. The van der Waals surface area contributed by atoms with Crippen molar-refractivity contribution >= 4 is 0 Å². The van der Waals surface area contributed by atoms with Gasteiger partial charge in [0, 0.05) is 25.5 Å². The van der Waals surface area contributed by atoms with Crippen molar-refractivity contribution in [1.29, 1.82) is 0 Å². The molecule has 1 saturated heterocycles. The van der Waals surface area contributed by atoms with Gasteiger partial charge in [-0.2, -0.15) is 9.78 Å². The maximum absolute atomic E-state index is 4.28. The third-order valence-corrected chi connectivity index (χ3v) is 3.74. The second kappa shape index (κ2) is 5.10. The minimum absolute atomic E-state index is 0.459. The number of para-hydroxylation sites is 1. The summed E-state index contributed by atoms with van der Waals surface area (Å²) in [7, 11) is 0. The van der Waals surface area contributed by atoms with Gasteiger partial charge in [0.2, 0.25) is 0 Å². The first-order valence-electron chi connectivity index (χ1n) is 6.94. The highest BCUT2D eigenvalue weighted by Gasteiger charge is 2.29. The Bertz CT molecular complexity index is 698. The maximum Gasteiger partial charge on any atom is 0.170 e. The van der Waals surface area contributed by atoms with Crippen molar-refractivity contribution < 1.29 is 0 Å². The Balaban J connectivity index is 1.44. The highest BCUT2D eigenvalue weighted by molar-refractivity contribution is 5.30. The first-order valence-corrected chi connectivity index (χ1v) is 6.94. The van der Waals surface area contributed by atoms with Crippen molar-refractivity contribution in [3.63, 3.8) is 0 Å². The van der Waals surface area contributed by atoms with Gasteiger partial charge >= 0.3 is 0 Å². The zero-order chi connectivity index (χ0) is 14.1. The van der Waals surface area contributed by atoms with Crippen molar-refractivity contribution in [1.82, 2.24) is 34.9 Å². The number of tetrazole rings is 1. The predicted octanol–water partition coefficient (Wildman–Crippen LogP) is 0.916. The lowest BCUT2D eigenvalue weighted by Gasteiger charge is -2.38. The van der Waals surface area contributed by atoms with E-state index in [9.17, 15) is 0 Å². The van der Waals surface area contributed by atoms with E-state index in [0.29, 0.717) is 6.04 Å². The molecule has 2 aromatic heterocycles. The normalized spacial score (nSPS) is 16.0. The molecule has 7 nitrogen and oxygen atoms in total. The summed E-state index contributed by atoms with van der Waals surface area (Å²) in [5.41, 5.74) is 0.988.